The number of aliphatic hydroxyl groups is 1. The maximum atomic E-state index is 13.1. The lowest BCUT2D eigenvalue weighted by Gasteiger charge is -2.25. The van der Waals surface area contributed by atoms with Crippen molar-refractivity contribution in [3.8, 4) is 0 Å². The smallest absolute Gasteiger partial charge is 0.387 e. The van der Waals surface area contributed by atoms with E-state index in [-0.39, 0.29) is 19.1 Å². The third kappa shape index (κ3) is 74.4. The standard InChI is InChI=1S/C81H161N2O6P/c1-6-8-10-12-14-16-18-20-22-24-26-28-30-32-34-36-37-38-39-40-41-42-43-44-45-47-49-51-53-55-57-59-61-63-65-67-69-71-73-75-81(85)82-79(78-89-90(86,87)88-77-76-83(3,4)5)80(84)74-72-70-68-66-64-62-60-58-56-54-52-50-48-46-35-33-31-29-27-25-23-21-19-17-15-13-11-9-7-2/h64,66,72,74,79-80,84H,6-63,65,67-71,73,75-78H2,1-5H3,(H-,82,85,86,87)/p+1/b66-64+,74-72+. The highest BCUT2D eigenvalue weighted by atomic mass is 31.2. The van der Waals surface area contributed by atoms with Crippen molar-refractivity contribution in [2.24, 2.45) is 0 Å². The Morgan fingerprint density at radius 1 is 0.367 bits per heavy atom. The van der Waals surface area contributed by atoms with Crippen LogP contribution in [0.4, 0.5) is 0 Å². The highest BCUT2D eigenvalue weighted by molar-refractivity contribution is 7.47. The third-order valence-corrected chi connectivity index (χ3v) is 20.2. The van der Waals surface area contributed by atoms with E-state index in [2.05, 4.69) is 31.3 Å². The van der Waals surface area contributed by atoms with E-state index in [9.17, 15) is 19.4 Å². The maximum absolute atomic E-state index is 13.1. The number of rotatable bonds is 77. The zero-order valence-electron chi connectivity index (χ0n) is 61.7. The number of aliphatic hydroxyl groups excluding tert-OH is 1. The van der Waals surface area contributed by atoms with Crippen molar-refractivity contribution in [3.05, 3.63) is 24.3 Å². The number of carbonyl (C=O) groups is 1. The molecule has 0 aliphatic carbocycles. The van der Waals surface area contributed by atoms with Gasteiger partial charge < -0.3 is 19.8 Å². The molecular weight excluding hydrogens is 1130 g/mol. The van der Waals surface area contributed by atoms with E-state index in [0.717, 1.165) is 38.5 Å². The first-order valence-corrected chi connectivity index (χ1v) is 42.2. The van der Waals surface area contributed by atoms with Crippen LogP contribution in [0.5, 0.6) is 0 Å². The average Bonchev–Trinajstić information content (AvgIpc) is 3.71. The molecule has 8 nitrogen and oxygen atoms in total. The first kappa shape index (κ1) is 89.0. The summed E-state index contributed by atoms with van der Waals surface area (Å²) >= 11 is 0. The summed E-state index contributed by atoms with van der Waals surface area (Å²) in [6.45, 7) is 4.87. The monoisotopic (exact) mass is 1290 g/mol. The summed E-state index contributed by atoms with van der Waals surface area (Å²) in [5, 5.41) is 14.0. The largest absolute Gasteiger partial charge is 0.472 e. The molecule has 0 heterocycles. The normalized spacial score (nSPS) is 13.5. The molecule has 536 valence electrons. The summed E-state index contributed by atoms with van der Waals surface area (Å²) in [6, 6.07) is -0.863. The Morgan fingerprint density at radius 3 is 0.889 bits per heavy atom. The minimum absolute atomic E-state index is 0.0592. The topological polar surface area (TPSA) is 105 Å². The van der Waals surface area contributed by atoms with E-state index in [4.69, 9.17) is 9.05 Å². The van der Waals surface area contributed by atoms with Crippen molar-refractivity contribution in [1.82, 2.24) is 5.32 Å². The summed E-state index contributed by atoms with van der Waals surface area (Å²) in [5.74, 6) is -0.176. The number of unbranched alkanes of at least 4 members (excludes halogenated alkanes) is 62. The fourth-order valence-electron chi connectivity index (χ4n) is 12.9. The lowest BCUT2D eigenvalue weighted by Crippen LogP contribution is -2.45. The molecule has 0 aromatic rings. The molecule has 0 saturated carbocycles. The van der Waals surface area contributed by atoms with E-state index in [0.29, 0.717) is 17.4 Å². The highest BCUT2D eigenvalue weighted by Gasteiger charge is 2.28. The quantitative estimate of drug-likeness (QED) is 0.0243. The van der Waals surface area contributed by atoms with Gasteiger partial charge in [0.05, 0.1) is 39.9 Å². The van der Waals surface area contributed by atoms with Crippen LogP contribution in [0.15, 0.2) is 24.3 Å². The van der Waals surface area contributed by atoms with Gasteiger partial charge in [-0.25, -0.2) is 4.57 Å². The van der Waals surface area contributed by atoms with Crippen LogP contribution >= 0.6 is 7.82 Å². The van der Waals surface area contributed by atoms with Crippen LogP contribution < -0.4 is 5.32 Å². The highest BCUT2D eigenvalue weighted by Crippen LogP contribution is 2.43. The van der Waals surface area contributed by atoms with Gasteiger partial charge in [0.15, 0.2) is 0 Å². The molecule has 1 amide bonds. The molecule has 3 atom stereocenters. The molecule has 90 heavy (non-hydrogen) atoms. The molecule has 0 aromatic carbocycles. The van der Waals surface area contributed by atoms with Gasteiger partial charge in [0.2, 0.25) is 5.91 Å². The summed E-state index contributed by atoms with van der Waals surface area (Å²) in [6.07, 6.45) is 96.8. The number of nitrogens with zero attached hydrogens (tertiary/aromatic N) is 1. The predicted molar refractivity (Wildman–Crippen MR) is 397 cm³/mol. The number of hydrogen-bond donors (Lipinski definition) is 3. The number of phosphoric ester groups is 1. The van der Waals surface area contributed by atoms with Gasteiger partial charge >= 0.3 is 7.82 Å². The van der Waals surface area contributed by atoms with Crippen molar-refractivity contribution < 1.29 is 32.9 Å². The number of amides is 1. The second-order valence-corrected chi connectivity index (χ2v) is 31.0. The van der Waals surface area contributed by atoms with Crippen molar-refractivity contribution in [2.45, 2.75) is 450 Å². The minimum atomic E-state index is -4.36. The SMILES string of the molecule is CCCCCCCCCCCCCCCCCCCCCCCCC/C=C/CC/C=C/C(O)C(COP(=O)(O)OCC[N+](C)(C)C)NC(=O)CCCCCCCCCCCCCCCCCCCCCCCCCCCCCCCCCCCCCCCCC. The molecule has 3 unspecified atom stereocenters. The van der Waals surface area contributed by atoms with Crippen molar-refractivity contribution in [2.75, 3.05) is 40.9 Å². The number of quaternary nitrogens is 1. The number of allylic oxidation sites excluding steroid dienone is 3. The lowest BCUT2D eigenvalue weighted by molar-refractivity contribution is -0.870. The molecule has 0 fully saturated rings. The van der Waals surface area contributed by atoms with Gasteiger partial charge in [-0.1, -0.05) is 423 Å². The van der Waals surface area contributed by atoms with E-state index >= 15 is 0 Å². The summed E-state index contributed by atoms with van der Waals surface area (Å²) in [7, 11) is 1.58. The Balaban J connectivity index is 3.93. The molecule has 0 aliphatic rings. The van der Waals surface area contributed by atoms with Gasteiger partial charge in [-0.15, -0.1) is 0 Å². The fraction of sp³-hybridized carbons (Fsp3) is 0.938. The average molecular weight is 1290 g/mol. The molecule has 0 radical (unpaired) electrons. The number of hydrogen-bond acceptors (Lipinski definition) is 5. The molecule has 0 rings (SSSR count). The molecule has 0 aromatic heterocycles. The number of carbonyl (C=O) groups excluding carboxylic acids is 1. The number of phosphoric acid groups is 1. The number of nitrogens with one attached hydrogen (secondary N) is 1. The molecular formula is C81H162N2O6P+. The summed E-state index contributed by atoms with van der Waals surface area (Å²) in [4.78, 5) is 23.5. The Bertz CT molecular complexity index is 1520. The number of likely N-dealkylation sites (N-methyl/N-ethyl adjacent to an activating group) is 1. The zero-order valence-corrected chi connectivity index (χ0v) is 62.6. The van der Waals surface area contributed by atoms with Crippen LogP contribution in [0.1, 0.15) is 438 Å². The first-order valence-electron chi connectivity index (χ1n) is 40.7. The van der Waals surface area contributed by atoms with Gasteiger partial charge in [-0.3, -0.25) is 13.8 Å². The van der Waals surface area contributed by atoms with E-state index < -0.39 is 20.0 Å². The Kier molecular flexibility index (Phi) is 71.4. The Morgan fingerprint density at radius 2 is 0.611 bits per heavy atom. The van der Waals surface area contributed by atoms with Crippen LogP contribution in [-0.2, 0) is 18.4 Å². The van der Waals surface area contributed by atoms with Gasteiger partial charge in [0, 0.05) is 6.42 Å². The zero-order chi connectivity index (χ0) is 65.5. The molecule has 0 saturated heterocycles. The summed E-state index contributed by atoms with van der Waals surface area (Å²) in [5.41, 5.74) is 0. The van der Waals surface area contributed by atoms with Gasteiger partial charge in [0.25, 0.3) is 0 Å². The van der Waals surface area contributed by atoms with Crippen molar-refractivity contribution >= 4 is 13.7 Å². The molecule has 0 bridgehead atoms. The van der Waals surface area contributed by atoms with E-state index in [1.807, 2.05) is 27.2 Å². The minimum Gasteiger partial charge on any atom is -0.387 e. The molecule has 3 N–H and O–H groups in total. The molecule has 0 spiro atoms. The van der Waals surface area contributed by atoms with Crippen LogP contribution in [0.25, 0.3) is 0 Å². The maximum Gasteiger partial charge on any atom is 0.472 e. The van der Waals surface area contributed by atoms with Gasteiger partial charge in [-0.05, 0) is 32.1 Å². The lowest BCUT2D eigenvalue weighted by atomic mass is 10.0. The van der Waals surface area contributed by atoms with Crippen LogP contribution in [0.3, 0.4) is 0 Å². The Hall–Kier alpha value is -1.02. The third-order valence-electron chi connectivity index (χ3n) is 19.2. The second kappa shape index (κ2) is 72.3. The van der Waals surface area contributed by atoms with Crippen LogP contribution in [-0.4, -0.2) is 73.4 Å². The fourth-order valence-corrected chi connectivity index (χ4v) is 13.6. The van der Waals surface area contributed by atoms with Crippen molar-refractivity contribution in [1.29, 1.82) is 0 Å². The molecule has 0 aliphatic heterocycles. The van der Waals surface area contributed by atoms with Crippen molar-refractivity contribution in [3.63, 3.8) is 0 Å². The predicted octanol–water partition coefficient (Wildman–Crippen LogP) is 26.6. The second-order valence-electron chi connectivity index (χ2n) is 29.5. The molecule has 9 heteroatoms. The van der Waals surface area contributed by atoms with Gasteiger partial charge in [0.1, 0.15) is 13.2 Å². The van der Waals surface area contributed by atoms with Crippen LogP contribution in [0, 0.1) is 0 Å². The van der Waals surface area contributed by atoms with Gasteiger partial charge in [-0.2, -0.15) is 0 Å². The Labute approximate surface area is 564 Å². The van der Waals surface area contributed by atoms with E-state index in [1.54, 1.807) is 6.08 Å². The van der Waals surface area contributed by atoms with E-state index in [1.165, 1.54) is 379 Å². The van der Waals surface area contributed by atoms with Crippen LogP contribution in [0.2, 0.25) is 0 Å². The first-order chi connectivity index (χ1) is 44.0. The summed E-state index contributed by atoms with van der Waals surface area (Å²) < 4.78 is 23.9.